The summed E-state index contributed by atoms with van der Waals surface area (Å²) in [5.41, 5.74) is -2.59. The van der Waals surface area contributed by atoms with Crippen molar-refractivity contribution in [3.63, 3.8) is 0 Å². The molecule has 1 aliphatic rings. The number of aromatic nitrogens is 2. The SMILES string of the molecule is Cn1cc(C2(O)CNC2)c(C(F)(F)F)n1. The van der Waals surface area contributed by atoms with E-state index >= 15 is 0 Å². The van der Waals surface area contributed by atoms with E-state index < -0.39 is 17.5 Å². The number of aryl methyl sites for hydroxylation is 1. The summed E-state index contributed by atoms with van der Waals surface area (Å²) in [5, 5.41) is 15.9. The summed E-state index contributed by atoms with van der Waals surface area (Å²) in [4.78, 5) is 0. The maximum atomic E-state index is 12.5. The van der Waals surface area contributed by atoms with Gasteiger partial charge in [0, 0.05) is 31.9 Å². The van der Waals surface area contributed by atoms with Crippen molar-refractivity contribution < 1.29 is 18.3 Å². The molecule has 0 unspecified atom stereocenters. The van der Waals surface area contributed by atoms with Crippen LogP contribution < -0.4 is 5.32 Å². The molecule has 1 aromatic heterocycles. The van der Waals surface area contributed by atoms with Crippen LogP contribution in [0.1, 0.15) is 11.3 Å². The second-order valence-electron chi connectivity index (χ2n) is 3.70. The summed E-state index contributed by atoms with van der Waals surface area (Å²) in [6, 6.07) is 0. The average molecular weight is 221 g/mol. The van der Waals surface area contributed by atoms with E-state index in [0.717, 1.165) is 4.68 Å². The molecule has 0 amide bonds. The zero-order chi connectivity index (χ0) is 11.3. The second kappa shape index (κ2) is 2.96. The van der Waals surface area contributed by atoms with Crippen LogP contribution in [0.15, 0.2) is 6.20 Å². The summed E-state index contributed by atoms with van der Waals surface area (Å²) in [6.45, 7) is 0.254. The lowest BCUT2D eigenvalue weighted by Gasteiger charge is -2.37. The van der Waals surface area contributed by atoms with Crippen LogP contribution in [0.25, 0.3) is 0 Å². The minimum Gasteiger partial charge on any atom is -0.382 e. The van der Waals surface area contributed by atoms with Crippen LogP contribution in [0.5, 0.6) is 0 Å². The number of nitrogens with one attached hydrogen (secondary N) is 1. The lowest BCUT2D eigenvalue weighted by molar-refractivity contribution is -0.145. The molecule has 1 aromatic rings. The first-order valence-electron chi connectivity index (χ1n) is 4.37. The predicted molar refractivity (Wildman–Crippen MR) is 45.0 cm³/mol. The molecule has 1 saturated heterocycles. The highest BCUT2D eigenvalue weighted by molar-refractivity contribution is 5.30. The molecule has 2 N–H and O–H groups in total. The van der Waals surface area contributed by atoms with Crippen molar-refractivity contribution in [2.75, 3.05) is 13.1 Å². The highest BCUT2D eigenvalue weighted by atomic mass is 19.4. The lowest BCUT2D eigenvalue weighted by atomic mass is 9.88. The van der Waals surface area contributed by atoms with Crippen molar-refractivity contribution in [2.24, 2.45) is 7.05 Å². The number of halogens is 3. The normalized spacial score (nSPS) is 20.1. The molecule has 0 aromatic carbocycles. The number of nitrogens with zero attached hydrogens (tertiary/aromatic N) is 2. The van der Waals surface area contributed by atoms with Crippen LogP contribution in [0.4, 0.5) is 13.2 Å². The summed E-state index contributed by atoms with van der Waals surface area (Å²) in [5.74, 6) is 0. The van der Waals surface area contributed by atoms with Crippen LogP contribution in [0.2, 0.25) is 0 Å². The van der Waals surface area contributed by atoms with Crippen molar-refractivity contribution >= 4 is 0 Å². The van der Waals surface area contributed by atoms with E-state index in [1.165, 1.54) is 13.2 Å². The highest BCUT2D eigenvalue weighted by Gasteiger charge is 2.46. The third kappa shape index (κ3) is 1.61. The lowest BCUT2D eigenvalue weighted by Crippen LogP contribution is -2.57. The van der Waals surface area contributed by atoms with E-state index in [9.17, 15) is 18.3 Å². The number of rotatable bonds is 1. The number of aliphatic hydroxyl groups is 1. The second-order valence-corrected chi connectivity index (χ2v) is 3.70. The fourth-order valence-corrected chi connectivity index (χ4v) is 1.59. The summed E-state index contributed by atoms with van der Waals surface area (Å²) < 4.78 is 38.7. The zero-order valence-corrected chi connectivity index (χ0v) is 7.97. The monoisotopic (exact) mass is 221 g/mol. The van der Waals surface area contributed by atoms with E-state index in [-0.39, 0.29) is 18.7 Å². The van der Waals surface area contributed by atoms with Crippen molar-refractivity contribution in [2.45, 2.75) is 11.8 Å². The van der Waals surface area contributed by atoms with E-state index in [2.05, 4.69) is 10.4 Å². The van der Waals surface area contributed by atoms with Gasteiger partial charge in [-0.05, 0) is 0 Å². The Labute approximate surface area is 83.7 Å². The Morgan fingerprint density at radius 1 is 1.53 bits per heavy atom. The van der Waals surface area contributed by atoms with Gasteiger partial charge < -0.3 is 10.4 Å². The molecule has 4 nitrogen and oxygen atoms in total. The average Bonchev–Trinajstić information content (AvgIpc) is 2.42. The molecule has 0 saturated carbocycles. The topological polar surface area (TPSA) is 50.1 Å². The van der Waals surface area contributed by atoms with Crippen molar-refractivity contribution in [1.29, 1.82) is 0 Å². The van der Waals surface area contributed by atoms with Crippen LogP contribution in [-0.2, 0) is 18.8 Å². The quantitative estimate of drug-likeness (QED) is 0.713. The predicted octanol–water partition coefficient (Wildman–Crippen LogP) is 0.230. The highest BCUT2D eigenvalue weighted by Crippen LogP contribution is 2.37. The van der Waals surface area contributed by atoms with Gasteiger partial charge >= 0.3 is 6.18 Å². The molecule has 0 spiro atoms. The molecule has 1 fully saturated rings. The number of hydrogen-bond donors (Lipinski definition) is 2. The maximum Gasteiger partial charge on any atom is 0.435 e. The van der Waals surface area contributed by atoms with E-state index in [4.69, 9.17) is 0 Å². The molecule has 0 atom stereocenters. The van der Waals surface area contributed by atoms with Crippen molar-refractivity contribution in [3.8, 4) is 0 Å². The van der Waals surface area contributed by atoms with Crippen LogP contribution in [0, 0.1) is 0 Å². The minimum absolute atomic E-state index is 0.127. The van der Waals surface area contributed by atoms with Gasteiger partial charge in [-0.15, -0.1) is 0 Å². The fourth-order valence-electron chi connectivity index (χ4n) is 1.59. The Hall–Kier alpha value is -1.08. The Morgan fingerprint density at radius 2 is 2.13 bits per heavy atom. The minimum atomic E-state index is -4.53. The third-order valence-corrected chi connectivity index (χ3v) is 2.43. The third-order valence-electron chi connectivity index (χ3n) is 2.43. The Bertz CT molecular complexity index is 381. The maximum absolute atomic E-state index is 12.5. The Balaban J connectivity index is 2.47. The van der Waals surface area contributed by atoms with Gasteiger partial charge in [0.2, 0.25) is 0 Å². The first-order chi connectivity index (χ1) is 6.83. The fraction of sp³-hybridized carbons (Fsp3) is 0.625. The van der Waals surface area contributed by atoms with Gasteiger partial charge in [-0.2, -0.15) is 18.3 Å². The molecular formula is C8H10F3N3O. The molecule has 84 valence electrons. The summed E-state index contributed by atoms with van der Waals surface area (Å²) in [7, 11) is 1.40. The van der Waals surface area contributed by atoms with Gasteiger partial charge in [0.05, 0.1) is 0 Å². The molecule has 15 heavy (non-hydrogen) atoms. The molecule has 0 aliphatic carbocycles. The first kappa shape index (κ1) is 10.4. The molecule has 7 heteroatoms. The van der Waals surface area contributed by atoms with Gasteiger partial charge in [0.25, 0.3) is 0 Å². The smallest absolute Gasteiger partial charge is 0.382 e. The van der Waals surface area contributed by atoms with Crippen LogP contribution in [0.3, 0.4) is 0 Å². The number of hydrogen-bond acceptors (Lipinski definition) is 3. The summed E-state index contributed by atoms with van der Waals surface area (Å²) in [6.07, 6.45) is -3.31. The van der Waals surface area contributed by atoms with Gasteiger partial charge in [0.1, 0.15) is 5.60 Å². The van der Waals surface area contributed by atoms with E-state index in [1.54, 1.807) is 0 Å². The van der Waals surface area contributed by atoms with Crippen molar-refractivity contribution in [1.82, 2.24) is 15.1 Å². The standard InChI is InChI=1S/C8H10F3N3O/c1-14-2-5(7(15)3-12-4-7)6(13-14)8(9,10)11/h2,12,15H,3-4H2,1H3. The van der Waals surface area contributed by atoms with Gasteiger partial charge in [-0.25, -0.2) is 0 Å². The molecule has 2 heterocycles. The Morgan fingerprint density at radius 3 is 2.53 bits per heavy atom. The first-order valence-corrected chi connectivity index (χ1v) is 4.37. The number of alkyl halides is 3. The van der Waals surface area contributed by atoms with Gasteiger partial charge in [0.15, 0.2) is 5.69 Å². The molecular weight excluding hydrogens is 211 g/mol. The molecule has 0 radical (unpaired) electrons. The zero-order valence-electron chi connectivity index (χ0n) is 7.97. The van der Waals surface area contributed by atoms with E-state index in [1.807, 2.05) is 0 Å². The molecule has 2 rings (SSSR count). The van der Waals surface area contributed by atoms with Crippen LogP contribution in [-0.4, -0.2) is 28.0 Å². The van der Waals surface area contributed by atoms with Gasteiger partial charge in [-0.3, -0.25) is 4.68 Å². The molecule has 0 bridgehead atoms. The summed E-state index contributed by atoms with van der Waals surface area (Å²) >= 11 is 0. The largest absolute Gasteiger partial charge is 0.435 e. The Kier molecular flexibility index (Phi) is 2.06. The van der Waals surface area contributed by atoms with Crippen LogP contribution >= 0.6 is 0 Å². The van der Waals surface area contributed by atoms with Gasteiger partial charge in [-0.1, -0.05) is 0 Å². The molecule has 1 aliphatic heterocycles. The number of β-amino-alcohol motifs (C(OH)–C–C–N with tert-alkyl or cyclic N) is 1. The van der Waals surface area contributed by atoms with E-state index in [0.29, 0.717) is 0 Å². The van der Waals surface area contributed by atoms with Crippen molar-refractivity contribution in [3.05, 3.63) is 17.5 Å².